The lowest BCUT2D eigenvalue weighted by Gasteiger charge is -2.29. The van der Waals surface area contributed by atoms with E-state index in [1.165, 1.54) is 18.4 Å². The Labute approximate surface area is 83.2 Å². The summed E-state index contributed by atoms with van der Waals surface area (Å²) in [7, 11) is 0. The van der Waals surface area contributed by atoms with E-state index in [4.69, 9.17) is 4.84 Å². The second-order valence-electron chi connectivity index (χ2n) is 4.17. The molecule has 1 heterocycles. The molecule has 0 aromatic heterocycles. The Morgan fingerprint density at radius 3 is 2.79 bits per heavy atom. The van der Waals surface area contributed by atoms with Gasteiger partial charge in [0.15, 0.2) is 5.78 Å². The number of Topliss-reactive ketones (excluding diaryl/α,β-unsaturated/α-hetero) is 1. The zero-order valence-corrected chi connectivity index (χ0v) is 8.36. The summed E-state index contributed by atoms with van der Waals surface area (Å²) in [6.45, 7) is 1.56. The highest BCUT2D eigenvalue weighted by atomic mass is 16.7. The molecule has 78 valence electrons. The Hall–Kier alpha value is -0.900. The first kappa shape index (κ1) is 9.65. The van der Waals surface area contributed by atoms with Crippen LogP contribution in [0.2, 0.25) is 0 Å². The molecule has 0 aromatic carbocycles. The van der Waals surface area contributed by atoms with E-state index in [0.717, 1.165) is 12.8 Å². The molecule has 0 radical (unpaired) electrons. The van der Waals surface area contributed by atoms with E-state index < -0.39 is 0 Å². The van der Waals surface area contributed by atoms with Crippen molar-refractivity contribution < 1.29 is 14.4 Å². The molecule has 1 aliphatic heterocycles. The van der Waals surface area contributed by atoms with Gasteiger partial charge in [-0.25, -0.2) is 5.06 Å². The number of rotatable bonds is 3. The highest BCUT2D eigenvalue weighted by molar-refractivity contribution is 5.84. The second-order valence-corrected chi connectivity index (χ2v) is 4.17. The van der Waals surface area contributed by atoms with Crippen LogP contribution in [0.4, 0.5) is 0 Å². The summed E-state index contributed by atoms with van der Waals surface area (Å²) in [5.41, 5.74) is 0. The van der Waals surface area contributed by atoms with Crippen LogP contribution in [0.25, 0.3) is 0 Å². The molecular weight excluding hydrogens is 182 g/mol. The van der Waals surface area contributed by atoms with Gasteiger partial charge in [-0.15, -0.1) is 0 Å². The van der Waals surface area contributed by atoms with Gasteiger partial charge in [0.05, 0.1) is 12.5 Å². The molecule has 1 aliphatic carbocycles. The zero-order chi connectivity index (χ0) is 10.1. The molecule has 0 N–H and O–H groups in total. The monoisotopic (exact) mass is 197 g/mol. The Balaban J connectivity index is 1.89. The molecule has 2 fully saturated rings. The molecule has 1 atom stereocenters. The maximum Gasteiger partial charge on any atom is 0.249 e. The molecule has 1 amide bonds. The van der Waals surface area contributed by atoms with Crippen LogP contribution >= 0.6 is 0 Å². The summed E-state index contributed by atoms with van der Waals surface area (Å²) in [4.78, 5) is 27.7. The first-order chi connectivity index (χ1) is 6.66. The fourth-order valence-electron chi connectivity index (χ4n) is 1.93. The molecule has 0 bridgehead atoms. The quantitative estimate of drug-likeness (QED) is 0.675. The molecule has 4 heteroatoms. The lowest BCUT2D eigenvalue weighted by molar-refractivity contribution is -0.184. The van der Waals surface area contributed by atoms with Gasteiger partial charge in [0.25, 0.3) is 0 Å². The van der Waals surface area contributed by atoms with Crippen molar-refractivity contribution in [3.8, 4) is 0 Å². The van der Waals surface area contributed by atoms with Crippen molar-refractivity contribution in [3.05, 3.63) is 0 Å². The van der Waals surface area contributed by atoms with Crippen LogP contribution in [0.1, 0.15) is 32.6 Å². The largest absolute Gasteiger partial charge is 0.298 e. The van der Waals surface area contributed by atoms with Crippen molar-refractivity contribution >= 4 is 11.7 Å². The van der Waals surface area contributed by atoms with Crippen molar-refractivity contribution in [2.45, 2.75) is 38.7 Å². The molecule has 4 nitrogen and oxygen atoms in total. The molecule has 1 saturated carbocycles. The average Bonchev–Trinajstić information content (AvgIpc) is 2.27. The van der Waals surface area contributed by atoms with Crippen LogP contribution in [0.3, 0.4) is 0 Å². The molecule has 0 spiro atoms. The fraction of sp³-hybridized carbons (Fsp3) is 0.800. The molecule has 0 aromatic rings. The number of hydrogen-bond donors (Lipinski definition) is 0. The number of carbonyl (C=O) groups excluding carboxylic acids is 2. The van der Waals surface area contributed by atoms with Gasteiger partial charge in [-0.05, 0) is 25.7 Å². The van der Waals surface area contributed by atoms with E-state index in [1.54, 1.807) is 0 Å². The first-order valence-corrected chi connectivity index (χ1v) is 5.13. The zero-order valence-electron chi connectivity index (χ0n) is 8.36. The van der Waals surface area contributed by atoms with Gasteiger partial charge in [0, 0.05) is 0 Å². The van der Waals surface area contributed by atoms with Gasteiger partial charge in [-0.2, -0.15) is 0 Å². The predicted octanol–water partition coefficient (Wildman–Crippen LogP) is 0.908. The standard InChI is InChI=1S/C10H15NO3/c1-7(12)6-11-10(13)5-9(14-11)8-3-2-4-8/h8-9H,2-6H2,1H3. The summed E-state index contributed by atoms with van der Waals surface area (Å²) in [5, 5.41) is 1.23. The van der Waals surface area contributed by atoms with E-state index in [0.29, 0.717) is 12.3 Å². The topological polar surface area (TPSA) is 46.6 Å². The smallest absolute Gasteiger partial charge is 0.249 e. The van der Waals surface area contributed by atoms with Crippen molar-refractivity contribution in [2.75, 3.05) is 6.54 Å². The summed E-state index contributed by atoms with van der Waals surface area (Å²) in [6, 6.07) is 0. The summed E-state index contributed by atoms with van der Waals surface area (Å²) < 4.78 is 0. The summed E-state index contributed by atoms with van der Waals surface area (Å²) >= 11 is 0. The van der Waals surface area contributed by atoms with Crippen LogP contribution in [-0.2, 0) is 14.4 Å². The average molecular weight is 197 g/mol. The molecule has 2 rings (SSSR count). The van der Waals surface area contributed by atoms with Gasteiger partial charge in [-0.3, -0.25) is 14.4 Å². The van der Waals surface area contributed by atoms with Gasteiger partial charge in [-0.1, -0.05) is 6.42 Å². The Kier molecular flexibility index (Phi) is 2.54. The SMILES string of the molecule is CC(=O)CN1OC(C2CCC2)CC1=O. The Bertz CT molecular complexity index is 260. The highest BCUT2D eigenvalue weighted by Crippen LogP contribution is 2.35. The Morgan fingerprint density at radius 2 is 2.29 bits per heavy atom. The molecule has 14 heavy (non-hydrogen) atoms. The van der Waals surface area contributed by atoms with Gasteiger partial charge >= 0.3 is 0 Å². The van der Waals surface area contributed by atoms with Crippen LogP contribution in [0.5, 0.6) is 0 Å². The number of nitrogens with zero attached hydrogens (tertiary/aromatic N) is 1. The van der Waals surface area contributed by atoms with E-state index in [-0.39, 0.29) is 24.3 Å². The first-order valence-electron chi connectivity index (χ1n) is 5.13. The minimum atomic E-state index is -0.0444. The number of amides is 1. The third-order valence-electron chi connectivity index (χ3n) is 2.96. The predicted molar refractivity (Wildman–Crippen MR) is 49.2 cm³/mol. The van der Waals surface area contributed by atoms with E-state index in [1.807, 2.05) is 0 Å². The van der Waals surface area contributed by atoms with Gasteiger partial charge in [0.1, 0.15) is 6.54 Å². The molecule has 2 aliphatic rings. The van der Waals surface area contributed by atoms with Crippen LogP contribution < -0.4 is 0 Å². The molecule has 1 saturated heterocycles. The molecular formula is C10H15NO3. The number of carbonyl (C=O) groups is 2. The molecule has 1 unspecified atom stereocenters. The maximum atomic E-state index is 11.4. The van der Waals surface area contributed by atoms with Crippen LogP contribution in [-0.4, -0.2) is 29.4 Å². The lowest BCUT2D eigenvalue weighted by atomic mass is 9.80. The van der Waals surface area contributed by atoms with Gasteiger partial charge < -0.3 is 0 Å². The van der Waals surface area contributed by atoms with Crippen LogP contribution in [0.15, 0.2) is 0 Å². The summed E-state index contributed by atoms with van der Waals surface area (Å²) in [5.74, 6) is 0.459. The van der Waals surface area contributed by atoms with Crippen molar-refractivity contribution in [1.82, 2.24) is 5.06 Å². The highest BCUT2D eigenvalue weighted by Gasteiger charge is 2.38. The number of hydrogen-bond acceptors (Lipinski definition) is 3. The number of ketones is 1. The number of hydroxylamine groups is 2. The Morgan fingerprint density at radius 1 is 1.57 bits per heavy atom. The van der Waals surface area contributed by atoms with Crippen molar-refractivity contribution in [2.24, 2.45) is 5.92 Å². The second kappa shape index (κ2) is 3.69. The third kappa shape index (κ3) is 1.80. The third-order valence-corrected chi connectivity index (χ3v) is 2.96. The van der Waals surface area contributed by atoms with E-state index in [9.17, 15) is 9.59 Å². The van der Waals surface area contributed by atoms with E-state index in [2.05, 4.69) is 0 Å². The van der Waals surface area contributed by atoms with Gasteiger partial charge in [0.2, 0.25) is 5.91 Å². The lowest BCUT2D eigenvalue weighted by Crippen LogP contribution is -2.31. The minimum absolute atomic E-state index is 0.0346. The normalized spacial score (nSPS) is 27.9. The van der Waals surface area contributed by atoms with Crippen molar-refractivity contribution in [3.63, 3.8) is 0 Å². The minimum Gasteiger partial charge on any atom is -0.298 e. The van der Waals surface area contributed by atoms with E-state index >= 15 is 0 Å². The fourth-order valence-corrected chi connectivity index (χ4v) is 1.93. The summed E-state index contributed by atoms with van der Waals surface area (Å²) in [6.07, 6.45) is 4.05. The van der Waals surface area contributed by atoms with Crippen LogP contribution in [0, 0.1) is 5.92 Å². The maximum absolute atomic E-state index is 11.4. The van der Waals surface area contributed by atoms with Crippen molar-refractivity contribution in [1.29, 1.82) is 0 Å².